The zero-order valence-electron chi connectivity index (χ0n) is 22.9. The summed E-state index contributed by atoms with van der Waals surface area (Å²) in [5, 5.41) is 12.6. The molecular weight excluding hydrogens is 513 g/mol. The smallest absolute Gasteiger partial charge is 0.320 e. The van der Waals surface area contributed by atoms with Crippen LogP contribution >= 0.6 is 0 Å². The second kappa shape index (κ2) is 11.8. The lowest BCUT2D eigenvalue weighted by Crippen LogP contribution is -2.38. The number of carboxylic acid groups (broad SMARTS) is 1. The number of hydrogen-bond acceptors (Lipinski definition) is 4. The van der Waals surface area contributed by atoms with Gasteiger partial charge in [-0.3, -0.25) is 19.3 Å². The molecule has 2 amide bonds. The lowest BCUT2D eigenvalue weighted by Gasteiger charge is -2.29. The van der Waals surface area contributed by atoms with Gasteiger partial charge in [0, 0.05) is 30.1 Å². The van der Waals surface area contributed by atoms with Crippen LogP contribution in [0.5, 0.6) is 0 Å². The van der Waals surface area contributed by atoms with E-state index in [1.54, 1.807) is 0 Å². The number of carboxylic acids is 1. The lowest BCUT2D eigenvalue weighted by atomic mass is 9.85. The summed E-state index contributed by atoms with van der Waals surface area (Å²) in [7, 11) is 0. The number of H-pyrrole nitrogens is 1. The Kier molecular flexibility index (Phi) is 8.16. The summed E-state index contributed by atoms with van der Waals surface area (Å²) in [6.45, 7) is 5.16. The van der Waals surface area contributed by atoms with Crippen molar-refractivity contribution in [2.75, 3.05) is 6.54 Å². The van der Waals surface area contributed by atoms with E-state index in [0.29, 0.717) is 18.6 Å². The molecule has 10 heteroatoms. The predicted octanol–water partition coefficient (Wildman–Crippen LogP) is 4.15. The van der Waals surface area contributed by atoms with Crippen molar-refractivity contribution < 1.29 is 23.9 Å². The number of fused-ring (bicyclic) bond motifs is 1. The molecule has 3 aromatic rings. The Morgan fingerprint density at radius 3 is 2.48 bits per heavy atom. The summed E-state index contributed by atoms with van der Waals surface area (Å²) >= 11 is 0. The molecule has 0 bridgehead atoms. The fourth-order valence-corrected chi connectivity index (χ4v) is 6.01. The molecule has 0 spiro atoms. The Labute approximate surface area is 232 Å². The number of nitrogens with one attached hydrogen (secondary N) is 2. The topological polar surface area (TPSA) is 120 Å². The average Bonchev–Trinajstić information content (AvgIpc) is 3.53. The minimum Gasteiger partial charge on any atom is -0.480 e. The predicted molar refractivity (Wildman–Crippen MR) is 148 cm³/mol. The largest absolute Gasteiger partial charge is 0.480 e. The quantitative estimate of drug-likeness (QED) is 0.409. The van der Waals surface area contributed by atoms with Crippen LogP contribution in [0.2, 0.25) is 0 Å². The minimum atomic E-state index is -0.797. The Morgan fingerprint density at radius 2 is 1.80 bits per heavy atom. The van der Waals surface area contributed by atoms with E-state index in [2.05, 4.69) is 19.9 Å². The van der Waals surface area contributed by atoms with Crippen LogP contribution in [0.4, 0.5) is 4.39 Å². The van der Waals surface area contributed by atoms with Crippen molar-refractivity contribution in [3.8, 4) is 0 Å². The van der Waals surface area contributed by atoms with E-state index in [0.717, 1.165) is 55.2 Å². The standard InChI is InChI=1S/C30H36FN5O4/c1-18(2)32-27(37)21-8-12-23(13-9-21)36-26-16-19(17-35-15-3-4-25(35)29(39)40)5-14-24(26)33-30(36)34-28(38)20-6-10-22(31)11-7-20/h5-7,10-11,14,16,18,21,23,25H,3-4,8-9,12-13,15,17H2,1-2H3,(H,32,37)(H,39,40)(H,33,34,38)/t21-,23+,25-/m1/s1. The van der Waals surface area contributed by atoms with E-state index >= 15 is 0 Å². The number of aromatic amines is 1. The second-order valence-electron chi connectivity index (χ2n) is 11.2. The first kappa shape index (κ1) is 27.8. The van der Waals surface area contributed by atoms with Crippen LogP contribution in [-0.4, -0.2) is 56.0 Å². The highest BCUT2D eigenvalue weighted by Crippen LogP contribution is 2.34. The molecule has 2 heterocycles. The van der Waals surface area contributed by atoms with E-state index in [4.69, 9.17) is 0 Å². The third-order valence-corrected chi connectivity index (χ3v) is 7.99. The van der Waals surface area contributed by atoms with Crippen molar-refractivity contribution in [3.63, 3.8) is 0 Å². The molecule has 1 saturated heterocycles. The van der Waals surface area contributed by atoms with Crippen molar-refractivity contribution in [2.24, 2.45) is 10.9 Å². The van der Waals surface area contributed by atoms with E-state index in [1.807, 2.05) is 36.9 Å². The van der Waals surface area contributed by atoms with Gasteiger partial charge in [0.2, 0.25) is 11.5 Å². The van der Waals surface area contributed by atoms with Crippen LogP contribution in [0.1, 0.15) is 74.3 Å². The zero-order valence-corrected chi connectivity index (χ0v) is 22.9. The Balaban J connectivity index is 1.49. The first-order chi connectivity index (χ1) is 19.2. The number of rotatable bonds is 7. The average molecular weight is 550 g/mol. The molecule has 2 aromatic carbocycles. The highest BCUT2D eigenvalue weighted by molar-refractivity contribution is 5.95. The van der Waals surface area contributed by atoms with Gasteiger partial charge < -0.3 is 20.0 Å². The van der Waals surface area contributed by atoms with Gasteiger partial charge in [-0.2, -0.15) is 4.99 Å². The third kappa shape index (κ3) is 6.01. The number of aliphatic carboxylic acids is 1. The molecule has 9 nitrogen and oxygen atoms in total. The molecular formula is C30H36FN5O4. The van der Waals surface area contributed by atoms with Gasteiger partial charge in [0.15, 0.2) is 0 Å². The molecule has 2 fully saturated rings. The van der Waals surface area contributed by atoms with Crippen LogP contribution < -0.4 is 10.9 Å². The molecule has 1 aliphatic heterocycles. The summed E-state index contributed by atoms with van der Waals surface area (Å²) in [6.07, 6.45) is 4.44. The maximum Gasteiger partial charge on any atom is 0.320 e. The number of carbonyl (C=O) groups excluding carboxylic acids is 2. The Hall–Kier alpha value is -3.79. The van der Waals surface area contributed by atoms with Gasteiger partial charge in [0.1, 0.15) is 11.9 Å². The maximum atomic E-state index is 13.4. The van der Waals surface area contributed by atoms with Gasteiger partial charge in [0.05, 0.1) is 11.0 Å². The van der Waals surface area contributed by atoms with E-state index in [-0.39, 0.29) is 29.5 Å². The van der Waals surface area contributed by atoms with E-state index in [9.17, 15) is 23.9 Å². The molecule has 1 saturated carbocycles. The van der Waals surface area contributed by atoms with Crippen molar-refractivity contribution in [3.05, 3.63) is 65.0 Å². The lowest BCUT2D eigenvalue weighted by molar-refractivity contribution is -0.142. The van der Waals surface area contributed by atoms with Crippen LogP contribution in [0.25, 0.3) is 11.0 Å². The molecule has 40 heavy (non-hydrogen) atoms. The number of aromatic nitrogens is 2. The van der Waals surface area contributed by atoms with Crippen molar-refractivity contribution in [1.29, 1.82) is 0 Å². The number of hydrogen-bond donors (Lipinski definition) is 3. The Morgan fingerprint density at radius 1 is 1.07 bits per heavy atom. The summed E-state index contributed by atoms with van der Waals surface area (Å²) in [5.41, 5.74) is 3.36. The summed E-state index contributed by atoms with van der Waals surface area (Å²) in [5.74, 6) is -1.67. The number of amides is 2. The molecule has 2 aliphatic rings. The first-order valence-corrected chi connectivity index (χ1v) is 14.0. The molecule has 1 aromatic heterocycles. The fraction of sp³-hybridized carbons (Fsp3) is 0.467. The SMILES string of the molecule is CC(C)NC(=O)[C@H]1CC[C@@H](n2/c(=N/C(=O)c3ccc(F)cc3)[nH]c3ccc(CN4CCC[C@@H]4C(=O)O)cc32)CC1. The van der Waals surface area contributed by atoms with Crippen LogP contribution in [0, 0.1) is 11.7 Å². The monoisotopic (exact) mass is 549 g/mol. The molecule has 1 atom stereocenters. The molecule has 212 valence electrons. The van der Waals surface area contributed by atoms with Gasteiger partial charge >= 0.3 is 5.97 Å². The number of benzene rings is 2. The maximum absolute atomic E-state index is 13.4. The number of imidazole rings is 1. The highest BCUT2D eigenvalue weighted by atomic mass is 19.1. The zero-order chi connectivity index (χ0) is 28.4. The van der Waals surface area contributed by atoms with Gasteiger partial charge in [-0.15, -0.1) is 0 Å². The second-order valence-corrected chi connectivity index (χ2v) is 11.2. The van der Waals surface area contributed by atoms with Crippen LogP contribution in [-0.2, 0) is 16.1 Å². The van der Waals surface area contributed by atoms with Crippen LogP contribution in [0.15, 0.2) is 47.5 Å². The van der Waals surface area contributed by atoms with Crippen molar-refractivity contribution in [2.45, 2.75) is 77.0 Å². The normalized spacial score (nSPS) is 22.2. The Bertz CT molecular complexity index is 1470. The molecule has 5 rings (SSSR count). The summed E-state index contributed by atoms with van der Waals surface area (Å²) in [4.78, 5) is 47.1. The van der Waals surface area contributed by atoms with Crippen LogP contribution in [0.3, 0.4) is 0 Å². The van der Waals surface area contributed by atoms with Gasteiger partial charge in [0.25, 0.3) is 5.91 Å². The molecule has 0 unspecified atom stereocenters. The first-order valence-electron chi connectivity index (χ1n) is 14.0. The number of halogens is 1. The van der Waals surface area contributed by atoms with Gasteiger partial charge in [-0.25, -0.2) is 4.39 Å². The molecule has 1 aliphatic carbocycles. The van der Waals surface area contributed by atoms with E-state index in [1.165, 1.54) is 24.3 Å². The molecule has 3 N–H and O–H groups in total. The van der Waals surface area contributed by atoms with Crippen molar-refractivity contribution >= 4 is 28.8 Å². The highest BCUT2D eigenvalue weighted by Gasteiger charge is 2.31. The minimum absolute atomic E-state index is 0.0189. The van der Waals surface area contributed by atoms with Crippen molar-refractivity contribution in [1.82, 2.24) is 19.8 Å². The van der Waals surface area contributed by atoms with E-state index < -0.39 is 23.7 Å². The third-order valence-electron chi connectivity index (χ3n) is 7.99. The number of likely N-dealkylation sites (tertiary alicyclic amines) is 1. The molecule has 0 radical (unpaired) electrons. The summed E-state index contributed by atoms with van der Waals surface area (Å²) < 4.78 is 15.5. The van der Waals surface area contributed by atoms with Gasteiger partial charge in [-0.1, -0.05) is 6.07 Å². The number of nitrogens with zero attached hydrogens (tertiary/aromatic N) is 3. The number of carbonyl (C=O) groups is 3. The fourth-order valence-electron chi connectivity index (χ4n) is 6.01. The van der Waals surface area contributed by atoms with Gasteiger partial charge in [-0.05, 0) is 101 Å². The summed E-state index contributed by atoms with van der Waals surface area (Å²) in [6, 6.07) is 10.9.